The van der Waals surface area contributed by atoms with E-state index in [1.807, 2.05) is 0 Å². The van der Waals surface area contributed by atoms with E-state index in [0.717, 1.165) is 0 Å². The monoisotopic (exact) mass is 550 g/mol. The fraction of sp³-hybridized carbons (Fsp3) is 0.160. The molecule has 0 fully saturated rings. The molecule has 3 aromatic rings. The summed E-state index contributed by atoms with van der Waals surface area (Å²) in [7, 11) is 0. The maximum Gasteiger partial charge on any atom is 0.397 e. The minimum Gasteiger partial charge on any atom is -0.507 e. The van der Waals surface area contributed by atoms with Gasteiger partial charge in [0.05, 0.1) is 27.2 Å². The summed E-state index contributed by atoms with van der Waals surface area (Å²) in [6.07, 6.45) is 0. The summed E-state index contributed by atoms with van der Waals surface area (Å²) < 4.78 is 10.5. The summed E-state index contributed by atoms with van der Waals surface area (Å²) >= 11 is 18.5. The van der Waals surface area contributed by atoms with E-state index in [9.17, 15) is 19.5 Å². The van der Waals surface area contributed by atoms with Gasteiger partial charge in [0.1, 0.15) is 17.2 Å². The molecule has 0 unspecified atom stereocenters. The molecule has 0 saturated heterocycles. The van der Waals surface area contributed by atoms with Crippen LogP contribution in [0.3, 0.4) is 0 Å². The van der Waals surface area contributed by atoms with E-state index >= 15 is 0 Å². The summed E-state index contributed by atoms with van der Waals surface area (Å²) in [6.45, 7) is 3.43. The van der Waals surface area contributed by atoms with Gasteiger partial charge in [0.25, 0.3) is 5.91 Å². The molecule has 0 spiro atoms. The highest BCUT2D eigenvalue weighted by Crippen LogP contribution is 2.36. The molecule has 0 radical (unpaired) electrons. The van der Waals surface area contributed by atoms with E-state index in [2.05, 4.69) is 15.4 Å². The van der Waals surface area contributed by atoms with Crippen LogP contribution in [0.15, 0.2) is 48.5 Å². The predicted molar refractivity (Wildman–Crippen MR) is 137 cm³/mol. The van der Waals surface area contributed by atoms with Crippen molar-refractivity contribution in [2.75, 3.05) is 11.9 Å². The Morgan fingerprint density at radius 2 is 1.75 bits per heavy atom. The number of rotatable bonds is 7. The quantitative estimate of drug-likeness (QED) is 0.249. The Morgan fingerprint density at radius 3 is 2.44 bits per heavy atom. The number of hydrogen-bond acceptors (Lipinski definition) is 6. The highest BCUT2D eigenvalue weighted by Gasteiger charge is 2.18. The van der Waals surface area contributed by atoms with Gasteiger partial charge in [-0.05, 0) is 61.4 Å². The Kier molecular flexibility index (Phi) is 9.03. The van der Waals surface area contributed by atoms with Crippen molar-refractivity contribution in [2.45, 2.75) is 20.4 Å². The van der Waals surface area contributed by atoms with Crippen LogP contribution in [-0.4, -0.2) is 29.5 Å². The van der Waals surface area contributed by atoms with E-state index in [0.29, 0.717) is 21.2 Å². The predicted octanol–water partition coefficient (Wildman–Crippen LogP) is 5.88. The largest absolute Gasteiger partial charge is 0.507 e. The minimum atomic E-state index is -1.01. The second kappa shape index (κ2) is 12.0. The molecule has 3 rings (SSSR count). The molecule has 0 aromatic heterocycles. The number of esters is 1. The summed E-state index contributed by atoms with van der Waals surface area (Å²) in [6, 6.07) is 12.2. The number of halogens is 3. The lowest BCUT2D eigenvalue weighted by Crippen LogP contribution is -2.25. The van der Waals surface area contributed by atoms with Crippen LogP contribution in [0.2, 0.25) is 15.1 Å². The second-order valence-corrected chi connectivity index (χ2v) is 8.65. The van der Waals surface area contributed by atoms with Gasteiger partial charge in [0, 0.05) is 12.2 Å². The molecule has 0 aliphatic carbocycles. The molecule has 0 bridgehead atoms. The zero-order valence-corrected chi connectivity index (χ0v) is 21.4. The average molecular weight is 552 g/mol. The topological polar surface area (TPSA) is 114 Å². The SMILES string of the molecule is CCOC(=O)C(=O)Nc1cc(C)c(Oc2ccc(O)c(C(=O)NCc3cccc(Cl)c3Cl)c2)c(Cl)c1. The first-order chi connectivity index (χ1) is 17.1. The number of phenols is 1. The Bertz CT molecular complexity index is 1310. The number of amides is 2. The number of carbonyl (C=O) groups excluding carboxylic acids is 3. The van der Waals surface area contributed by atoms with Crippen molar-refractivity contribution in [3.63, 3.8) is 0 Å². The fourth-order valence-electron chi connectivity index (χ4n) is 3.15. The zero-order valence-electron chi connectivity index (χ0n) is 19.2. The van der Waals surface area contributed by atoms with Crippen LogP contribution in [0.1, 0.15) is 28.4 Å². The third-order valence-corrected chi connectivity index (χ3v) is 5.99. The molecular weight excluding hydrogens is 531 g/mol. The van der Waals surface area contributed by atoms with Crippen molar-refractivity contribution in [2.24, 2.45) is 0 Å². The van der Waals surface area contributed by atoms with Gasteiger partial charge in [-0.3, -0.25) is 9.59 Å². The molecule has 0 atom stereocenters. The van der Waals surface area contributed by atoms with E-state index < -0.39 is 17.8 Å². The first kappa shape index (κ1) is 27.1. The fourth-order valence-corrected chi connectivity index (χ4v) is 3.84. The zero-order chi connectivity index (χ0) is 26.4. The molecule has 2 amide bonds. The molecule has 11 heteroatoms. The normalized spacial score (nSPS) is 10.5. The van der Waals surface area contributed by atoms with E-state index in [-0.39, 0.29) is 46.7 Å². The van der Waals surface area contributed by atoms with Gasteiger partial charge >= 0.3 is 11.9 Å². The third kappa shape index (κ3) is 6.60. The number of ether oxygens (including phenoxy) is 2. The first-order valence-electron chi connectivity index (χ1n) is 10.6. The van der Waals surface area contributed by atoms with Crippen LogP contribution in [-0.2, 0) is 20.9 Å². The molecule has 188 valence electrons. The molecule has 0 aliphatic heterocycles. The number of hydrogen-bond donors (Lipinski definition) is 3. The summed E-state index contributed by atoms with van der Waals surface area (Å²) in [4.78, 5) is 36.1. The first-order valence-corrected chi connectivity index (χ1v) is 11.7. The smallest absolute Gasteiger partial charge is 0.397 e. The van der Waals surface area contributed by atoms with Gasteiger partial charge in [0.2, 0.25) is 0 Å². The average Bonchev–Trinajstić information content (AvgIpc) is 2.83. The Hall–Kier alpha value is -3.46. The Balaban J connectivity index is 1.75. The number of phenolic OH excluding ortho intramolecular Hbond substituents is 1. The van der Waals surface area contributed by atoms with Crippen molar-refractivity contribution in [3.05, 3.63) is 80.3 Å². The number of nitrogens with one attached hydrogen (secondary N) is 2. The molecule has 0 aliphatic rings. The lowest BCUT2D eigenvalue weighted by molar-refractivity contribution is -0.152. The summed E-state index contributed by atoms with van der Waals surface area (Å²) in [5.41, 5.74) is 1.39. The summed E-state index contributed by atoms with van der Waals surface area (Å²) in [5, 5.41) is 16.1. The van der Waals surface area contributed by atoms with Gasteiger partial charge in [-0.25, -0.2) is 4.79 Å². The molecular formula is C25H21Cl3N2O6. The lowest BCUT2D eigenvalue weighted by atomic mass is 10.1. The van der Waals surface area contributed by atoms with Crippen LogP contribution >= 0.6 is 34.8 Å². The maximum absolute atomic E-state index is 12.7. The Morgan fingerprint density at radius 1 is 1.00 bits per heavy atom. The van der Waals surface area contributed by atoms with Gasteiger partial charge < -0.3 is 25.2 Å². The van der Waals surface area contributed by atoms with Crippen molar-refractivity contribution in [1.82, 2.24) is 5.32 Å². The number of anilines is 1. The number of aryl methyl sites for hydroxylation is 1. The van der Waals surface area contributed by atoms with Crippen LogP contribution < -0.4 is 15.4 Å². The third-order valence-electron chi connectivity index (χ3n) is 4.85. The van der Waals surface area contributed by atoms with Crippen LogP contribution in [0.25, 0.3) is 0 Å². The molecule has 8 nitrogen and oxygen atoms in total. The molecule has 3 aromatic carbocycles. The second-order valence-electron chi connectivity index (χ2n) is 7.46. The lowest BCUT2D eigenvalue weighted by Gasteiger charge is -2.14. The molecule has 3 N–H and O–H groups in total. The Labute approximate surface area is 222 Å². The standard InChI is InChI=1S/C25H21Cl3N2O6/c1-3-35-25(34)24(33)30-15-9-13(2)22(19(27)10-15)36-16-7-8-20(31)17(11-16)23(32)29-12-14-5-4-6-18(26)21(14)28/h4-11,31H,3,12H2,1-2H3,(H,29,32)(H,30,33). The number of benzene rings is 3. The highest BCUT2D eigenvalue weighted by molar-refractivity contribution is 6.42. The van der Waals surface area contributed by atoms with Crippen LogP contribution in [0.5, 0.6) is 17.2 Å². The number of aromatic hydroxyl groups is 1. The van der Waals surface area contributed by atoms with Gasteiger partial charge in [-0.15, -0.1) is 0 Å². The van der Waals surface area contributed by atoms with E-state index in [1.165, 1.54) is 24.3 Å². The van der Waals surface area contributed by atoms with Crippen LogP contribution in [0, 0.1) is 6.92 Å². The van der Waals surface area contributed by atoms with Crippen molar-refractivity contribution >= 4 is 58.3 Å². The molecule has 0 heterocycles. The maximum atomic E-state index is 12.7. The van der Waals surface area contributed by atoms with Crippen molar-refractivity contribution in [3.8, 4) is 17.2 Å². The minimum absolute atomic E-state index is 0.0299. The highest BCUT2D eigenvalue weighted by atomic mass is 35.5. The van der Waals surface area contributed by atoms with E-state index in [4.69, 9.17) is 39.5 Å². The van der Waals surface area contributed by atoms with Crippen molar-refractivity contribution < 1.29 is 29.0 Å². The van der Waals surface area contributed by atoms with Gasteiger partial charge in [-0.1, -0.05) is 46.9 Å². The summed E-state index contributed by atoms with van der Waals surface area (Å²) in [5.74, 6) is -2.28. The molecule has 36 heavy (non-hydrogen) atoms. The number of carbonyl (C=O) groups is 3. The molecule has 0 saturated carbocycles. The van der Waals surface area contributed by atoms with Gasteiger partial charge in [-0.2, -0.15) is 0 Å². The van der Waals surface area contributed by atoms with Gasteiger partial charge in [0.15, 0.2) is 0 Å². The van der Waals surface area contributed by atoms with Crippen LogP contribution in [0.4, 0.5) is 5.69 Å². The van der Waals surface area contributed by atoms with E-state index in [1.54, 1.807) is 38.1 Å². The van der Waals surface area contributed by atoms with Crippen molar-refractivity contribution in [1.29, 1.82) is 0 Å².